The molecule has 1 aromatic heterocycles. The summed E-state index contributed by atoms with van der Waals surface area (Å²) in [4.78, 5) is 34.1. The minimum atomic E-state index is 0.0361. The number of aromatic nitrogens is 1. The average Bonchev–Trinajstić information content (AvgIpc) is 3.32. The topological polar surface area (TPSA) is 56.4 Å². The number of carbonyl (C=O) groups is 2. The van der Waals surface area contributed by atoms with E-state index in [1.807, 2.05) is 34.1 Å². The van der Waals surface area contributed by atoms with Gasteiger partial charge in [0.1, 0.15) is 0 Å². The molecule has 2 amide bonds. The lowest BCUT2D eigenvalue weighted by atomic mass is 9.88. The van der Waals surface area contributed by atoms with E-state index in [9.17, 15) is 9.59 Å². The minimum absolute atomic E-state index is 0.0361. The first-order valence-corrected chi connectivity index (χ1v) is 13.3. The molecular weight excluding hydrogens is 434 g/mol. The second kappa shape index (κ2) is 12.6. The predicted octanol–water partition coefficient (Wildman–Crippen LogP) is 5.95. The summed E-state index contributed by atoms with van der Waals surface area (Å²) < 4.78 is 0. The fourth-order valence-corrected chi connectivity index (χ4v) is 5.18. The summed E-state index contributed by atoms with van der Waals surface area (Å²) in [6, 6.07) is 18.4. The molecule has 4 rings (SSSR count). The molecule has 1 fully saturated rings. The zero-order valence-electron chi connectivity index (χ0n) is 21.0. The van der Waals surface area contributed by atoms with Crippen LogP contribution in [0.15, 0.2) is 60.8 Å². The Bertz CT molecular complexity index is 1090. The number of benzene rings is 2. The maximum atomic E-state index is 13.7. The second-order valence-electron chi connectivity index (χ2n) is 9.86. The fourth-order valence-electron chi connectivity index (χ4n) is 5.18. The molecule has 0 spiro atoms. The van der Waals surface area contributed by atoms with Crippen LogP contribution in [0.5, 0.6) is 0 Å². The van der Waals surface area contributed by atoms with Crippen molar-refractivity contribution >= 4 is 22.7 Å². The lowest BCUT2D eigenvalue weighted by Crippen LogP contribution is -2.46. The molecular formula is C30H39N3O2. The SMILES string of the molecule is CCCCN(CC(=O)N(CCc1c[nH]c2ccccc12)Cc1ccccc1)C(=O)C1CCCCC1. The summed E-state index contributed by atoms with van der Waals surface area (Å²) in [5.41, 5.74) is 3.44. The number of rotatable bonds is 11. The molecule has 0 aliphatic heterocycles. The Kier molecular flexibility index (Phi) is 8.99. The summed E-state index contributed by atoms with van der Waals surface area (Å²) in [6.07, 6.45) is 10.2. The third-order valence-corrected chi connectivity index (χ3v) is 7.27. The summed E-state index contributed by atoms with van der Waals surface area (Å²) in [5, 5.41) is 1.21. The molecule has 3 aromatic rings. The van der Waals surface area contributed by atoms with Crippen molar-refractivity contribution in [3.63, 3.8) is 0 Å². The van der Waals surface area contributed by atoms with E-state index in [0.29, 0.717) is 19.6 Å². The van der Waals surface area contributed by atoms with Crippen LogP contribution >= 0.6 is 0 Å². The highest BCUT2D eigenvalue weighted by molar-refractivity contribution is 5.86. The van der Waals surface area contributed by atoms with Crippen molar-refractivity contribution < 1.29 is 9.59 Å². The molecule has 1 aliphatic rings. The first-order valence-electron chi connectivity index (χ1n) is 13.3. The monoisotopic (exact) mass is 473 g/mol. The van der Waals surface area contributed by atoms with Gasteiger partial charge in [-0.2, -0.15) is 0 Å². The maximum Gasteiger partial charge on any atom is 0.242 e. The van der Waals surface area contributed by atoms with E-state index < -0.39 is 0 Å². The first kappa shape index (κ1) is 25.0. The van der Waals surface area contributed by atoms with Gasteiger partial charge in [0.15, 0.2) is 0 Å². The van der Waals surface area contributed by atoms with Crippen LogP contribution in [-0.4, -0.2) is 46.2 Å². The number of hydrogen-bond donors (Lipinski definition) is 1. The van der Waals surface area contributed by atoms with E-state index in [0.717, 1.165) is 56.0 Å². The van der Waals surface area contributed by atoms with Crippen molar-refractivity contribution in [2.75, 3.05) is 19.6 Å². The number of fused-ring (bicyclic) bond motifs is 1. The van der Waals surface area contributed by atoms with Gasteiger partial charge in [-0.1, -0.05) is 81.1 Å². The molecule has 5 nitrogen and oxygen atoms in total. The second-order valence-corrected chi connectivity index (χ2v) is 9.86. The standard InChI is InChI=1S/C30H39N3O2/c1-2-3-19-33(30(35)25-14-8-5-9-15-25)23-29(34)32(22-24-12-6-4-7-13-24)20-18-26-21-31-28-17-11-10-16-27(26)28/h4,6-7,10-13,16-17,21,25,31H,2-3,5,8-9,14-15,18-20,22-23H2,1H3. The summed E-state index contributed by atoms with van der Waals surface area (Å²) >= 11 is 0. The average molecular weight is 474 g/mol. The van der Waals surface area contributed by atoms with E-state index in [1.165, 1.54) is 17.4 Å². The van der Waals surface area contributed by atoms with Crippen LogP contribution in [0.3, 0.4) is 0 Å². The highest BCUT2D eigenvalue weighted by atomic mass is 16.2. The molecule has 0 unspecified atom stereocenters. The van der Waals surface area contributed by atoms with Gasteiger partial charge in [0.2, 0.25) is 11.8 Å². The van der Waals surface area contributed by atoms with Gasteiger partial charge < -0.3 is 14.8 Å². The Hall–Kier alpha value is -3.08. The van der Waals surface area contributed by atoms with E-state index >= 15 is 0 Å². The first-order chi connectivity index (χ1) is 17.2. The smallest absolute Gasteiger partial charge is 0.242 e. The molecule has 1 heterocycles. The molecule has 2 aromatic carbocycles. The quantitative estimate of drug-likeness (QED) is 0.374. The zero-order valence-corrected chi connectivity index (χ0v) is 21.0. The molecule has 0 saturated heterocycles. The molecule has 186 valence electrons. The van der Waals surface area contributed by atoms with Crippen LogP contribution in [0, 0.1) is 5.92 Å². The van der Waals surface area contributed by atoms with Crippen LogP contribution in [0.25, 0.3) is 10.9 Å². The van der Waals surface area contributed by atoms with E-state index in [-0.39, 0.29) is 24.3 Å². The van der Waals surface area contributed by atoms with Crippen molar-refractivity contribution in [3.8, 4) is 0 Å². The molecule has 35 heavy (non-hydrogen) atoms. The largest absolute Gasteiger partial charge is 0.361 e. The van der Waals surface area contributed by atoms with Crippen LogP contribution in [-0.2, 0) is 22.6 Å². The number of hydrogen-bond acceptors (Lipinski definition) is 2. The lowest BCUT2D eigenvalue weighted by molar-refractivity contribution is -0.144. The summed E-state index contributed by atoms with van der Waals surface area (Å²) in [7, 11) is 0. The van der Waals surface area contributed by atoms with E-state index in [1.54, 1.807) is 0 Å². The number of amides is 2. The van der Waals surface area contributed by atoms with Gasteiger partial charge in [-0.05, 0) is 42.9 Å². The van der Waals surface area contributed by atoms with Gasteiger partial charge in [-0.3, -0.25) is 9.59 Å². The number of aromatic amines is 1. The number of nitrogens with zero attached hydrogens (tertiary/aromatic N) is 2. The fraction of sp³-hybridized carbons (Fsp3) is 0.467. The molecule has 1 aliphatic carbocycles. The van der Waals surface area contributed by atoms with Crippen molar-refractivity contribution in [2.24, 2.45) is 5.92 Å². The summed E-state index contributed by atoms with van der Waals surface area (Å²) in [5.74, 6) is 0.305. The third-order valence-electron chi connectivity index (χ3n) is 7.27. The van der Waals surface area contributed by atoms with Gasteiger partial charge in [-0.25, -0.2) is 0 Å². The van der Waals surface area contributed by atoms with Crippen molar-refractivity contribution in [3.05, 3.63) is 71.9 Å². The summed E-state index contributed by atoms with van der Waals surface area (Å²) in [6.45, 7) is 4.15. The molecule has 1 N–H and O–H groups in total. The number of nitrogens with one attached hydrogen (secondary N) is 1. The van der Waals surface area contributed by atoms with Gasteiger partial charge in [0.25, 0.3) is 0 Å². The number of unbranched alkanes of at least 4 members (excludes halogenated alkanes) is 1. The molecule has 5 heteroatoms. The number of para-hydroxylation sites is 1. The lowest BCUT2D eigenvalue weighted by Gasteiger charge is -2.31. The van der Waals surface area contributed by atoms with Gasteiger partial charge in [0, 0.05) is 42.7 Å². The van der Waals surface area contributed by atoms with Crippen LogP contribution in [0.4, 0.5) is 0 Å². The van der Waals surface area contributed by atoms with Crippen molar-refractivity contribution in [1.82, 2.24) is 14.8 Å². The van der Waals surface area contributed by atoms with Gasteiger partial charge in [-0.15, -0.1) is 0 Å². The highest BCUT2D eigenvalue weighted by Crippen LogP contribution is 2.26. The Morgan fingerprint density at radius 2 is 1.66 bits per heavy atom. The number of carbonyl (C=O) groups excluding carboxylic acids is 2. The highest BCUT2D eigenvalue weighted by Gasteiger charge is 2.28. The Morgan fingerprint density at radius 3 is 2.43 bits per heavy atom. The minimum Gasteiger partial charge on any atom is -0.361 e. The van der Waals surface area contributed by atoms with Crippen LogP contribution in [0.2, 0.25) is 0 Å². The normalized spacial score (nSPS) is 14.2. The third kappa shape index (κ3) is 6.74. The van der Waals surface area contributed by atoms with Crippen molar-refractivity contribution in [1.29, 1.82) is 0 Å². The molecule has 1 saturated carbocycles. The van der Waals surface area contributed by atoms with E-state index in [2.05, 4.69) is 48.4 Å². The molecule has 0 atom stereocenters. The maximum absolute atomic E-state index is 13.7. The molecule has 0 bridgehead atoms. The van der Waals surface area contributed by atoms with Gasteiger partial charge >= 0.3 is 0 Å². The Labute approximate surface area is 209 Å². The zero-order chi connectivity index (χ0) is 24.5. The molecule has 0 radical (unpaired) electrons. The number of H-pyrrole nitrogens is 1. The van der Waals surface area contributed by atoms with Crippen LogP contribution < -0.4 is 0 Å². The van der Waals surface area contributed by atoms with Crippen LogP contribution in [0.1, 0.15) is 63.0 Å². The predicted molar refractivity (Wildman–Crippen MR) is 142 cm³/mol. The van der Waals surface area contributed by atoms with E-state index in [4.69, 9.17) is 0 Å². The Balaban J connectivity index is 1.48. The van der Waals surface area contributed by atoms with Gasteiger partial charge in [0.05, 0.1) is 6.54 Å². The van der Waals surface area contributed by atoms with Crippen molar-refractivity contribution in [2.45, 2.75) is 64.8 Å². The Morgan fingerprint density at radius 1 is 0.914 bits per heavy atom.